The van der Waals surface area contributed by atoms with Gasteiger partial charge in [0.25, 0.3) is 0 Å². The quantitative estimate of drug-likeness (QED) is 0.759. The fourth-order valence-electron chi connectivity index (χ4n) is 2.40. The minimum absolute atomic E-state index is 0.0671. The average molecular weight is 385 g/mol. The Balaban J connectivity index is 1.72. The number of sulfonamides is 1. The molecule has 1 aromatic heterocycles. The zero-order valence-electron chi connectivity index (χ0n) is 13.7. The first-order valence-electron chi connectivity index (χ1n) is 7.44. The monoisotopic (exact) mass is 384 g/mol. The van der Waals surface area contributed by atoms with Gasteiger partial charge in [0.15, 0.2) is 0 Å². The van der Waals surface area contributed by atoms with Gasteiger partial charge in [-0.1, -0.05) is 11.6 Å². The van der Waals surface area contributed by atoms with Crippen LogP contribution in [0, 0.1) is 0 Å². The minimum atomic E-state index is -3.70. The van der Waals surface area contributed by atoms with Crippen molar-refractivity contribution in [1.82, 2.24) is 9.29 Å². The van der Waals surface area contributed by atoms with Crippen molar-refractivity contribution < 1.29 is 22.6 Å². The van der Waals surface area contributed by atoms with Gasteiger partial charge in [0.2, 0.25) is 15.9 Å². The third-order valence-electron chi connectivity index (χ3n) is 3.79. The first kappa shape index (κ1) is 17.8. The molecule has 2 aromatic rings. The van der Waals surface area contributed by atoms with Gasteiger partial charge in [-0.2, -0.15) is 4.31 Å². The molecule has 1 fully saturated rings. The van der Waals surface area contributed by atoms with Gasteiger partial charge in [-0.3, -0.25) is 0 Å². The Kier molecular flexibility index (Phi) is 5.03. The van der Waals surface area contributed by atoms with Crippen LogP contribution in [-0.2, 0) is 10.0 Å². The van der Waals surface area contributed by atoms with Crippen LogP contribution in [-0.4, -0.2) is 51.1 Å². The largest absolute Gasteiger partial charge is 0.497 e. The van der Waals surface area contributed by atoms with Gasteiger partial charge in [0.05, 0.1) is 32.3 Å². The number of hydrogen-bond acceptors (Lipinski definition) is 6. The summed E-state index contributed by atoms with van der Waals surface area (Å²) in [6.45, 7) is 0.458. The molecule has 0 saturated carbocycles. The number of benzene rings is 1. The van der Waals surface area contributed by atoms with E-state index in [4.69, 9.17) is 25.8 Å². The molecule has 7 nitrogen and oxygen atoms in total. The predicted octanol–water partition coefficient (Wildman–Crippen LogP) is 2.20. The lowest BCUT2D eigenvalue weighted by atomic mass is 10.2. The molecule has 0 spiro atoms. The van der Waals surface area contributed by atoms with E-state index in [1.165, 1.54) is 30.8 Å². The maximum atomic E-state index is 12.8. The molecule has 0 amide bonds. The Morgan fingerprint density at radius 2 is 1.92 bits per heavy atom. The predicted molar refractivity (Wildman–Crippen MR) is 92.0 cm³/mol. The number of nitrogens with zero attached hydrogens (tertiary/aromatic N) is 2. The van der Waals surface area contributed by atoms with Crippen LogP contribution in [0.3, 0.4) is 0 Å². The minimum Gasteiger partial charge on any atom is -0.497 e. The average Bonchev–Trinajstić information content (AvgIpc) is 2.58. The normalized spacial score (nSPS) is 15.5. The number of ether oxygens (including phenoxy) is 3. The summed E-state index contributed by atoms with van der Waals surface area (Å²) in [7, 11) is -0.800. The van der Waals surface area contributed by atoms with Crippen molar-refractivity contribution in [2.45, 2.75) is 11.0 Å². The van der Waals surface area contributed by atoms with Crippen molar-refractivity contribution >= 4 is 21.6 Å². The molecule has 0 N–H and O–H groups in total. The van der Waals surface area contributed by atoms with Gasteiger partial charge >= 0.3 is 0 Å². The molecule has 3 rings (SSSR count). The molecule has 0 aliphatic carbocycles. The summed E-state index contributed by atoms with van der Waals surface area (Å²) in [6.07, 6.45) is 1.21. The van der Waals surface area contributed by atoms with Crippen LogP contribution in [0.5, 0.6) is 17.4 Å². The van der Waals surface area contributed by atoms with E-state index in [2.05, 4.69) is 4.98 Å². The van der Waals surface area contributed by atoms with E-state index in [0.29, 0.717) is 16.7 Å². The number of pyridine rings is 1. The molecule has 0 atom stereocenters. The summed E-state index contributed by atoms with van der Waals surface area (Å²) in [5.41, 5.74) is 0. The molecule has 25 heavy (non-hydrogen) atoms. The molecule has 1 aromatic carbocycles. The first-order valence-corrected chi connectivity index (χ1v) is 9.26. The van der Waals surface area contributed by atoms with E-state index < -0.39 is 10.0 Å². The summed E-state index contributed by atoms with van der Waals surface area (Å²) in [6, 6.07) is 7.97. The van der Waals surface area contributed by atoms with Crippen LogP contribution in [0.1, 0.15) is 0 Å². The Hall–Kier alpha value is -2.03. The Bertz CT molecular complexity index is 851. The van der Waals surface area contributed by atoms with Crippen molar-refractivity contribution in [3.8, 4) is 17.4 Å². The van der Waals surface area contributed by atoms with Crippen LogP contribution in [0.25, 0.3) is 0 Å². The van der Waals surface area contributed by atoms with Gasteiger partial charge in [0, 0.05) is 18.3 Å². The molecule has 134 valence electrons. The van der Waals surface area contributed by atoms with E-state index in [9.17, 15) is 8.42 Å². The third-order valence-corrected chi connectivity index (χ3v) is 5.87. The molecule has 0 bridgehead atoms. The molecule has 9 heteroatoms. The lowest BCUT2D eigenvalue weighted by Gasteiger charge is -2.37. The first-order chi connectivity index (χ1) is 11.9. The second-order valence-corrected chi connectivity index (χ2v) is 7.74. The molecule has 1 saturated heterocycles. The van der Waals surface area contributed by atoms with Crippen LogP contribution in [0.2, 0.25) is 5.02 Å². The van der Waals surface area contributed by atoms with E-state index >= 15 is 0 Å². The zero-order chi connectivity index (χ0) is 18.0. The molecule has 2 heterocycles. The second kappa shape index (κ2) is 7.07. The maximum absolute atomic E-state index is 12.8. The molecular weight excluding hydrogens is 368 g/mol. The van der Waals surface area contributed by atoms with Gasteiger partial charge in [-0.05, 0) is 18.2 Å². The zero-order valence-corrected chi connectivity index (χ0v) is 15.2. The van der Waals surface area contributed by atoms with Gasteiger partial charge in [-0.25, -0.2) is 13.4 Å². The highest BCUT2D eigenvalue weighted by Gasteiger charge is 2.39. The van der Waals surface area contributed by atoms with Crippen molar-refractivity contribution in [1.29, 1.82) is 0 Å². The van der Waals surface area contributed by atoms with Gasteiger partial charge < -0.3 is 14.2 Å². The highest BCUT2D eigenvalue weighted by Crippen LogP contribution is 2.33. The van der Waals surface area contributed by atoms with Crippen LogP contribution in [0.15, 0.2) is 41.4 Å². The van der Waals surface area contributed by atoms with Gasteiger partial charge in [-0.15, -0.1) is 0 Å². The second-order valence-electron chi connectivity index (χ2n) is 5.39. The highest BCUT2D eigenvalue weighted by atomic mass is 35.5. The number of methoxy groups -OCH3 is 2. The van der Waals surface area contributed by atoms with Crippen LogP contribution >= 0.6 is 11.6 Å². The Morgan fingerprint density at radius 3 is 2.52 bits per heavy atom. The van der Waals surface area contributed by atoms with E-state index in [1.54, 1.807) is 24.3 Å². The fraction of sp³-hybridized carbons (Fsp3) is 0.312. The summed E-state index contributed by atoms with van der Waals surface area (Å²) in [5.74, 6) is 1.12. The van der Waals surface area contributed by atoms with Gasteiger partial charge in [0.1, 0.15) is 22.5 Å². The molecule has 0 unspecified atom stereocenters. The lowest BCUT2D eigenvalue weighted by molar-refractivity contribution is 0.0720. The summed E-state index contributed by atoms with van der Waals surface area (Å²) < 4.78 is 42.9. The lowest BCUT2D eigenvalue weighted by Crippen LogP contribution is -2.56. The maximum Gasteiger partial charge on any atom is 0.247 e. The van der Waals surface area contributed by atoms with Crippen molar-refractivity contribution in [2.24, 2.45) is 0 Å². The van der Waals surface area contributed by atoms with E-state index in [1.807, 2.05) is 0 Å². The summed E-state index contributed by atoms with van der Waals surface area (Å²) >= 11 is 5.77. The number of aromatic nitrogens is 1. The summed E-state index contributed by atoms with van der Waals surface area (Å²) in [4.78, 5) is 4.10. The number of rotatable bonds is 6. The third kappa shape index (κ3) is 3.65. The molecule has 1 aliphatic heterocycles. The molecule has 1 aliphatic rings. The summed E-state index contributed by atoms with van der Waals surface area (Å²) in [5, 5.41) is 0.510. The Morgan fingerprint density at radius 1 is 1.16 bits per heavy atom. The highest BCUT2D eigenvalue weighted by molar-refractivity contribution is 7.89. The smallest absolute Gasteiger partial charge is 0.247 e. The van der Waals surface area contributed by atoms with Crippen LogP contribution in [0.4, 0.5) is 0 Å². The van der Waals surface area contributed by atoms with Crippen molar-refractivity contribution in [2.75, 3.05) is 27.3 Å². The standard InChI is InChI=1S/C16H17ClN2O5S/c1-22-12-4-5-14(23-2)15(7-12)25(20,21)19-9-13(10-19)24-16-6-3-11(17)8-18-16/h3-8,13H,9-10H2,1-2H3. The van der Waals surface area contributed by atoms with Crippen molar-refractivity contribution in [3.05, 3.63) is 41.6 Å². The number of hydrogen-bond donors (Lipinski definition) is 0. The molecular formula is C16H17ClN2O5S. The van der Waals surface area contributed by atoms with E-state index in [0.717, 1.165) is 0 Å². The SMILES string of the molecule is COc1ccc(OC)c(S(=O)(=O)N2CC(Oc3ccc(Cl)cn3)C2)c1. The number of halogens is 1. The van der Waals surface area contributed by atoms with E-state index in [-0.39, 0.29) is 29.8 Å². The van der Waals surface area contributed by atoms with Crippen molar-refractivity contribution in [3.63, 3.8) is 0 Å². The topological polar surface area (TPSA) is 78.0 Å². The Labute approximate surface area is 151 Å². The molecule has 0 radical (unpaired) electrons. The fourth-order valence-corrected chi connectivity index (χ4v) is 4.18. The van der Waals surface area contributed by atoms with Crippen LogP contribution < -0.4 is 14.2 Å².